The van der Waals surface area contributed by atoms with E-state index < -0.39 is 79.2 Å². The van der Waals surface area contributed by atoms with Gasteiger partial charge in [-0.15, -0.1) is 0 Å². The molecule has 0 aromatic heterocycles. The minimum Gasteiger partial charge on any atom is -0.480 e. The Kier molecular flexibility index (Phi) is 11.2. The highest BCUT2D eigenvalue weighted by atomic mass is 16.4. The highest BCUT2D eigenvalue weighted by molar-refractivity contribution is 6.26. The number of carboxylic acids is 1. The van der Waals surface area contributed by atoms with E-state index in [9.17, 15) is 39.6 Å². The van der Waals surface area contributed by atoms with E-state index in [0.29, 0.717) is 12.8 Å². The second-order valence-corrected chi connectivity index (χ2v) is 6.39. The van der Waals surface area contributed by atoms with Gasteiger partial charge in [-0.2, -0.15) is 0 Å². The average Bonchev–Trinajstić information content (AvgIpc) is 2.69. The van der Waals surface area contributed by atoms with Crippen LogP contribution in [-0.4, -0.2) is 97.2 Å². The van der Waals surface area contributed by atoms with Gasteiger partial charge in [0.25, 0.3) is 0 Å². The Morgan fingerprint density at radius 1 is 0.786 bits per heavy atom. The predicted molar refractivity (Wildman–Crippen MR) is 92.0 cm³/mol. The van der Waals surface area contributed by atoms with Crippen molar-refractivity contribution < 1.29 is 54.9 Å². The number of unbranched alkanes of at least 4 members (excludes halogenated alkanes) is 2. The number of rotatable bonds is 15. The Balaban J connectivity index is 6.71. The molecule has 0 rings (SSSR count). The van der Waals surface area contributed by atoms with E-state index in [-0.39, 0.29) is 6.42 Å². The Hall–Kier alpha value is -1.76. The lowest BCUT2D eigenvalue weighted by Crippen LogP contribution is -2.62. The first-order valence-corrected chi connectivity index (χ1v) is 8.80. The molecule has 0 aromatic carbocycles. The van der Waals surface area contributed by atoms with Crippen LogP contribution in [0.15, 0.2) is 0 Å². The second kappa shape index (κ2) is 11.9. The maximum Gasteiger partial charge on any atom is 0.325 e. The van der Waals surface area contributed by atoms with Crippen LogP contribution in [0.5, 0.6) is 0 Å². The fourth-order valence-corrected chi connectivity index (χ4v) is 3.01. The van der Waals surface area contributed by atoms with Gasteiger partial charge < -0.3 is 35.7 Å². The highest BCUT2D eigenvalue weighted by Gasteiger charge is 2.63. The molecule has 4 atom stereocenters. The zero-order chi connectivity index (χ0) is 22.1. The largest absolute Gasteiger partial charge is 0.480 e. The van der Waals surface area contributed by atoms with Crippen LogP contribution < -0.4 is 0 Å². The third-order valence-electron chi connectivity index (χ3n) is 4.53. The Labute approximate surface area is 161 Å². The van der Waals surface area contributed by atoms with Gasteiger partial charge in [-0.1, -0.05) is 26.2 Å². The molecule has 0 fully saturated rings. The topological polar surface area (TPSA) is 210 Å². The van der Waals surface area contributed by atoms with E-state index in [1.54, 1.807) is 6.92 Å². The summed E-state index contributed by atoms with van der Waals surface area (Å²) in [6.07, 6.45) is -6.05. The number of hydrogen-bond donors (Lipinski definition) is 7. The van der Waals surface area contributed by atoms with Crippen molar-refractivity contribution in [2.75, 3.05) is 19.8 Å². The molecule has 162 valence electrons. The molecule has 0 heterocycles. The van der Waals surface area contributed by atoms with Gasteiger partial charge in [-0.25, -0.2) is 0 Å². The van der Waals surface area contributed by atoms with Crippen LogP contribution in [0.3, 0.4) is 0 Å². The van der Waals surface area contributed by atoms with Gasteiger partial charge in [0.05, 0.1) is 25.7 Å². The Bertz CT molecular complexity index is 537. The number of carbonyl (C=O) groups is 4. The van der Waals surface area contributed by atoms with Crippen LogP contribution >= 0.6 is 0 Å². The molecule has 11 heteroatoms. The Morgan fingerprint density at radius 2 is 1.21 bits per heavy atom. The molecule has 0 saturated heterocycles. The summed E-state index contributed by atoms with van der Waals surface area (Å²) in [5.74, 6) is -9.12. The summed E-state index contributed by atoms with van der Waals surface area (Å²) in [7, 11) is 0. The molecule has 0 aliphatic carbocycles. The van der Waals surface area contributed by atoms with Gasteiger partial charge in [0.2, 0.25) is 0 Å². The zero-order valence-corrected chi connectivity index (χ0v) is 15.5. The summed E-state index contributed by atoms with van der Waals surface area (Å²) < 4.78 is 0. The summed E-state index contributed by atoms with van der Waals surface area (Å²) >= 11 is 0. The number of carboxylic acid groups (broad SMARTS) is 1. The van der Waals surface area contributed by atoms with Crippen LogP contribution in [0.4, 0.5) is 0 Å². The summed E-state index contributed by atoms with van der Waals surface area (Å²) in [6, 6.07) is 0. The molecule has 11 nitrogen and oxygen atoms in total. The van der Waals surface area contributed by atoms with Crippen LogP contribution in [0.1, 0.15) is 32.6 Å². The van der Waals surface area contributed by atoms with Crippen molar-refractivity contribution in [2.45, 2.75) is 50.9 Å². The van der Waals surface area contributed by atoms with Crippen LogP contribution in [0.25, 0.3) is 0 Å². The maximum atomic E-state index is 12.7. The van der Waals surface area contributed by atoms with E-state index in [1.165, 1.54) is 0 Å². The normalized spacial score (nSPS) is 17.8. The minimum absolute atomic E-state index is 0.144. The SMILES string of the molecule is CCCCCC(C(=O)C(O)CO)C(C(=O)O)(C(=O)C(O)CO)C(=O)C(O)CO. The van der Waals surface area contributed by atoms with E-state index in [4.69, 9.17) is 15.3 Å². The summed E-state index contributed by atoms with van der Waals surface area (Å²) in [5, 5.41) is 66.1. The van der Waals surface area contributed by atoms with Crippen molar-refractivity contribution in [3.63, 3.8) is 0 Å². The third kappa shape index (κ3) is 5.40. The lowest BCUT2D eigenvalue weighted by atomic mass is 9.62. The molecule has 0 aliphatic heterocycles. The fraction of sp³-hybridized carbons (Fsp3) is 0.765. The first-order chi connectivity index (χ1) is 13.1. The number of aliphatic hydroxyl groups excluding tert-OH is 6. The average molecular weight is 408 g/mol. The number of aliphatic carboxylic acids is 1. The van der Waals surface area contributed by atoms with Crippen LogP contribution in [0, 0.1) is 11.3 Å². The maximum absolute atomic E-state index is 12.7. The number of aliphatic hydroxyl groups is 6. The molecular weight excluding hydrogens is 380 g/mol. The zero-order valence-electron chi connectivity index (χ0n) is 15.5. The quantitative estimate of drug-likeness (QED) is 0.107. The molecule has 0 radical (unpaired) electrons. The van der Waals surface area contributed by atoms with Crippen molar-refractivity contribution in [1.82, 2.24) is 0 Å². The molecule has 0 aliphatic rings. The number of Topliss-reactive ketones (excluding diaryl/α,β-unsaturated/α-hetero) is 3. The van der Waals surface area contributed by atoms with Crippen LogP contribution in [0.2, 0.25) is 0 Å². The van der Waals surface area contributed by atoms with Crippen molar-refractivity contribution >= 4 is 23.3 Å². The Morgan fingerprint density at radius 3 is 1.54 bits per heavy atom. The van der Waals surface area contributed by atoms with Crippen molar-refractivity contribution in [3.8, 4) is 0 Å². The van der Waals surface area contributed by atoms with Gasteiger partial charge in [0.15, 0.2) is 22.8 Å². The smallest absolute Gasteiger partial charge is 0.325 e. The fourth-order valence-electron chi connectivity index (χ4n) is 3.01. The van der Waals surface area contributed by atoms with E-state index >= 15 is 0 Å². The van der Waals surface area contributed by atoms with Gasteiger partial charge in [0, 0.05) is 0 Å². The molecule has 0 bridgehead atoms. The van der Waals surface area contributed by atoms with Gasteiger partial charge >= 0.3 is 5.97 Å². The van der Waals surface area contributed by atoms with Crippen molar-refractivity contribution in [3.05, 3.63) is 0 Å². The minimum atomic E-state index is -3.37. The van der Waals surface area contributed by atoms with Gasteiger partial charge in [0.1, 0.15) is 18.3 Å². The lowest BCUT2D eigenvalue weighted by Gasteiger charge is -2.36. The first kappa shape index (κ1) is 26.2. The van der Waals surface area contributed by atoms with Crippen LogP contribution in [-0.2, 0) is 19.2 Å². The molecular formula is C17H28O11. The monoisotopic (exact) mass is 408 g/mol. The molecule has 0 amide bonds. The summed E-state index contributed by atoms with van der Waals surface area (Å²) in [6.45, 7) is -1.87. The molecule has 0 spiro atoms. The summed E-state index contributed by atoms with van der Waals surface area (Å²) in [4.78, 5) is 50.1. The van der Waals surface area contributed by atoms with E-state index in [1.807, 2.05) is 0 Å². The molecule has 4 unspecified atom stereocenters. The molecule has 7 N–H and O–H groups in total. The first-order valence-electron chi connectivity index (χ1n) is 8.80. The number of carbonyl (C=O) groups excluding carboxylic acids is 3. The molecule has 0 aromatic rings. The predicted octanol–water partition coefficient (Wildman–Crippen LogP) is -2.98. The highest BCUT2D eigenvalue weighted by Crippen LogP contribution is 2.38. The second-order valence-electron chi connectivity index (χ2n) is 6.39. The molecule has 0 saturated carbocycles. The third-order valence-corrected chi connectivity index (χ3v) is 4.53. The van der Waals surface area contributed by atoms with E-state index in [2.05, 4.69) is 0 Å². The molecule has 28 heavy (non-hydrogen) atoms. The van der Waals surface area contributed by atoms with Crippen molar-refractivity contribution in [1.29, 1.82) is 0 Å². The van der Waals surface area contributed by atoms with Gasteiger partial charge in [-0.3, -0.25) is 19.2 Å². The summed E-state index contributed by atoms with van der Waals surface area (Å²) in [5.41, 5.74) is -3.37. The number of hydrogen-bond acceptors (Lipinski definition) is 10. The van der Waals surface area contributed by atoms with Crippen molar-refractivity contribution in [2.24, 2.45) is 11.3 Å². The van der Waals surface area contributed by atoms with Gasteiger partial charge in [-0.05, 0) is 6.42 Å². The number of ketones is 3. The standard InChI is InChI=1S/C17H28O11/c1-2-3-4-5-9(13(24)10(21)6-18)17(16(27)28,14(25)11(22)7-19)15(26)12(23)8-20/h9-12,18-23H,2-8H2,1H3,(H,27,28). The lowest BCUT2D eigenvalue weighted by molar-refractivity contribution is -0.176. The van der Waals surface area contributed by atoms with E-state index in [0.717, 1.165) is 0 Å².